The van der Waals surface area contributed by atoms with Crippen molar-refractivity contribution in [3.8, 4) is 5.75 Å². The molecular weight excluding hydrogens is 246 g/mol. The van der Waals surface area contributed by atoms with E-state index in [-0.39, 0.29) is 11.8 Å². The molecule has 1 N–H and O–H groups in total. The molecule has 0 radical (unpaired) electrons. The number of ether oxygens (including phenoxy) is 1. The lowest BCUT2D eigenvalue weighted by atomic mass is 10.2. The zero-order chi connectivity index (χ0) is 13.4. The van der Waals surface area contributed by atoms with Gasteiger partial charge in [-0.2, -0.15) is 0 Å². The van der Waals surface area contributed by atoms with Gasteiger partial charge in [0.2, 0.25) is 5.91 Å². The van der Waals surface area contributed by atoms with Crippen LogP contribution in [0.4, 0.5) is 0 Å². The van der Waals surface area contributed by atoms with Crippen molar-refractivity contribution in [3.05, 3.63) is 29.8 Å². The van der Waals surface area contributed by atoms with Gasteiger partial charge in [-0.25, -0.2) is 0 Å². The average molecular weight is 261 g/mol. The van der Waals surface area contributed by atoms with Gasteiger partial charge in [0.05, 0.1) is 18.4 Å². The van der Waals surface area contributed by atoms with Gasteiger partial charge >= 0.3 is 5.97 Å². The fraction of sp³-hybridized carbons (Fsp3) is 0.429. The molecule has 0 unspecified atom stereocenters. The topological polar surface area (TPSA) is 66.8 Å². The van der Waals surface area contributed by atoms with Gasteiger partial charge in [0.15, 0.2) is 0 Å². The minimum absolute atomic E-state index is 0.0623. The highest BCUT2D eigenvalue weighted by atomic mass is 16.5. The second kappa shape index (κ2) is 4.57. The van der Waals surface area contributed by atoms with E-state index in [2.05, 4.69) is 0 Å². The minimum atomic E-state index is -0.871. The van der Waals surface area contributed by atoms with Crippen LogP contribution in [0, 0.1) is 11.8 Å². The molecular formula is C14H15NO4. The van der Waals surface area contributed by atoms with Gasteiger partial charge in [-0.1, -0.05) is 18.2 Å². The number of benzene rings is 1. The molecule has 0 saturated heterocycles. The van der Waals surface area contributed by atoms with Crippen LogP contribution in [0.25, 0.3) is 0 Å². The van der Waals surface area contributed by atoms with E-state index in [9.17, 15) is 9.59 Å². The highest BCUT2D eigenvalue weighted by Gasteiger charge is 2.49. The third kappa shape index (κ3) is 2.28. The third-order valence-electron chi connectivity index (χ3n) is 3.69. The largest absolute Gasteiger partial charge is 0.491 e. The van der Waals surface area contributed by atoms with Crippen molar-refractivity contribution in [2.45, 2.75) is 13.0 Å². The number of aliphatic carboxylic acids is 1. The van der Waals surface area contributed by atoms with Gasteiger partial charge in [-0.05, 0) is 12.5 Å². The molecule has 3 rings (SSSR count). The van der Waals surface area contributed by atoms with E-state index in [1.54, 1.807) is 4.90 Å². The molecule has 2 atom stereocenters. The molecule has 1 fully saturated rings. The second-order valence-electron chi connectivity index (χ2n) is 5.00. The summed E-state index contributed by atoms with van der Waals surface area (Å²) in [6.45, 7) is 1.46. The summed E-state index contributed by atoms with van der Waals surface area (Å²) in [5.74, 6) is -0.962. The van der Waals surface area contributed by atoms with Crippen LogP contribution in [0.3, 0.4) is 0 Å². The van der Waals surface area contributed by atoms with Crippen molar-refractivity contribution in [3.63, 3.8) is 0 Å². The SMILES string of the molecule is O=C(O)[C@@H]1C[C@H]1C(=O)N1CCOc2ccccc2C1. The van der Waals surface area contributed by atoms with Crippen molar-refractivity contribution in [1.82, 2.24) is 4.90 Å². The summed E-state index contributed by atoms with van der Waals surface area (Å²) in [6, 6.07) is 7.63. The Morgan fingerprint density at radius 3 is 2.79 bits per heavy atom. The second-order valence-corrected chi connectivity index (χ2v) is 5.00. The first kappa shape index (κ1) is 12.0. The lowest BCUT2D eigenvalue weighted by molar-refractivity contribution is -0.142. The predicted octanol–water partition coefficient (Wildman–Crippen LogP) is 1.13. The van der Waals surface area contributed by atoms with Crippen LogP contribution in [-0.4, -0.2) is 35.0 Å². The summed E-state index contributed by atoms with van der Waals surface area (Å²) in [5.41, 5.74) is 0.973. The van der Waals surface area contributed by atoms with Gasteiger partial charge < -0.3 is 14.7 Å². The monoisotopic (exact) mass is 261 g/mol. The van der Waals surface area contributed by atoms with Gasteiger partial charge in [0, 0.05) is 12.1 Å². The Bertz CT molecular complexity index is 528. The Morgan fingerprint density at radius 2 is 2.05 bits per heavy atom. The molecule has 100 valence electrons. The molecule has 1 amide bonds. The van der Waals surface area contributed by atoms with E-state index < -0.39 is 11.9 Å². The number of rotatable bonds is 2. The van der Waals surface area contributed by atoms with Crippen LogP contribution in [0.5, 0.6) is 5.75 Å². The first-order chi connectivity index (χ1) is 9.16. The van der Waals surface area contributed by atoms with Crippen molar-refractivity contribution in [1.29, 1.82) is 0 Å². The van der Waals surface area contributed by atoms with E-state index in [0.717, 1.165) is 11.3 Å². The van der Waals surface area contributed by atoms with Crippen LogP contribution in [0.15, 0.2) is 24.3 Å². The summed E-state index contributed by atoms with van der Waals surface area (Å²) >= 11 is 0. The number of hydrogen-bond acceptors (Lipinski definition) is 3. The molecule has 0 spiro atoms. The smallest absolute Gasteiger partial charge is 0.307 e. The first-order valence-electron chi connectivity index (χ1n) is 6.39. The van der Waals surface area contributed by atoms with Gasteiger partial charge in [0.25, 0.3) is 0 Å². The van der Waals surface area contributed by atoms with E-state index in [1.165, 1.54) is 0 Å². The lowest BCUT2D eigenvalue weighted by Crippen LogP contribution is -2.34. The lowest BCUT2D eigenvalue weighted by Gasteiger charge is -2.19. The maximum Gasteiger partial charge on any atom is 0.307 e. The van der Waals surface area contributed by atoms with Crippen molar-refractivity contribution in [2.75, 3.05) is 13.2 Å². The van der Waals surface area contributed by atoms with E-state index in [4.69, 9.17) is 9.84 Å². The molecule has 0 bridgehead atoms. The summed E-state index contributed by atoms with van der Waals surface area (Å²) in [4.78, 5) is 24.8. The molecule has 2 aliphatic rings. The maximum absolute atomic E-state index is 12.2. The molecule has 1 aliphatic heterocycles. The number of carbonyl (C=O) groups is 2. The van der Waals surface area contributed by atoms with Gasteiger partial charge in [0.1, 0.15) is 12.4 Å². The number of amides is 1. The van der Waals surface area contributed by atoms with Crippen molar-refractivity contribution in [2.24, 2.45) is 11.8 Å². The number of carbonyl (C=O) groups excluding carboxylic acids is 1. The number of carboxylic acids is 1. The minimum Gasteiger partial charge on any atom is -0.491 e. The number of para-hydroxylation sites is 1. The Hall–Kier alpha value is -2.04. The van der Waals surface area contributed by atoms with Crippen LogP contribution >= 0.6 is 0 Å². The molecule has 0 aromatic heterocycles. The van der Waals surface area contributed by atoms with Crippen LogP contribution in [0.1, 0.15) is 12.0 Å². The quantitative estimate of drug-likeness (QED) is 0.866. The van der Waals surface area contributed by atoms with Crippen LogP contribution in [-0.2, 0) is 16.1 Å². The molecule has 1 aromatic rings. The maximum atomic E-state index is 12.2. The Balaban J connectivity index is 1.73. The summed E-state index contributed by atoms with van der Waals surface area (Å²) < 4.78 is 5.59. The predicted molar refractivity (Wildman–Crippen MR) is 66.6 cm³/mol. The highest BCUT2D eigenvalue weighted by molar-refractivity contribution is 5.89. The van der Waals surface area contributed by atoms with Gasteiger partial charge in [-0.15, -0.1) is 0 Å². The van der Waals surface area contributed by atoms with Crippen LogP contribution < -0.4 is 4.74 Å². The highest BCUT2D eigenvalue weighted by Crippen LogP contribution is 2.40. The van der Waals surface area contributed by atoms with Gasteiger partial charge in [-0.3, -0.25) is 9.59 Å². The Labute approximate surface area is 110 Å². The molecule has 19 heavy (non-hydrogen) atoms. The van der Waals surface area contributed by atoms with E-state index in [0.29, 0.717) is 26.1 Å². The number of fused-ring (bicyclic) bond motifs is 1. The average Bonchev–Trinajstić information content (AvgIpc) is 3.20. The number of hydrogen-bond donors (Lipinski definition) is 1. The zero-order valence-corrected chi connectivity index (χ0v) is 10.4. The summed E-state index contributed by atoms with van der Waals surface area (Å²) in [7, 11) is 0. The third-order valence-corrected chi connectivity index (χ3v) is 3.69. The summed E-state index contributed by atoms with van der Waals surface area (Å²) in [6.07, 6.45) is 0.465. The fourth-order valence-corrected chi connectivity index (χ4v) is 2.49. The first-order valence-corrected chi connectivity index (χ1v) is 6.39. The van der Waals surface area contributed by atoms with E-state index in [1.807, 2.05) is 24.3 Å². The number of nitrogens with zero attached hydrogens (tertiary/aromatic N) is 1. The zero-order valence-electron chi connectivity index (χ0n) is 10.4. The Kier molecular flexibility index (Phi) is 2.89. The molecule has 5 nitrogen and oxygen atoms in total. The van der Waals surface area contributed by atoms with Crippen molar-refractivity contribution >= 4 is 11.9 Å². The molecule has 1 aliphatic carbocycles. The van der Waals surface area contributed by atoms with Crippen molar-refractivity contribution < 1.29 is 19.4 Å². The van der Waals surface area contributed by atoms with E-state index >= 15 is 0 Å². The Morgan fingerprint density at radius 1 is 1.26 bits per heavy atom. The van der Waals surface area contributed by atoms with Crippen LogP contribution in [0.2, 0.25) is 0 Å². The normalized spacial score (nSPS) is 24.9. The standard InChI is InChI=1S/C14H15NO4/c16-13(10-7-11(10)14(17)18)15-5-6-19-12-4-2-1-3-9(12)8-15/h1-4,10-11H,5-8H2,(H,17,18)/t10-,11-/m1/s1. The fourth-order valence-electron chi connectivity index (χ4n) is 2.49. The summed E-state index contributed by atoms with van der Waals surface area (Å²) in [5, 5.41) is 8.89. The molecule has 5 heteroatoms. The number of carboxylic acid groups (broad SMARTS) is 1. The molecule has 1 aromatic carbocycles. The molecule has 1 saturated carbocycles. The molecule has 1 heterocycles.